The van der Waals surface area contributed by atoms with E-state index in [1.807, 2.05) is 25.1 Å². The number of rotatable bonds is 5. The summed E-state index contributed by atoms with van der Waals surface area (Å²) in [7, 11) is 0. The van der Waals surface area contributed by atoms with Crippen LogP contribution in [0.3, 0.4) is 0 Å². The van der Waals surface area contributed by atoms with Crippen molar-refractivity contribution in [2.24, 2.45) is 0 Å². The first-order valence-electron chi connectivity index (χ1n) is 4.83. The lowest BCUT2D eigenvalue weighted by Crippen LogP contribution is -2.20. The fourth-order valence-corrected chi connectivity index (χ4v) is 1.42. The minimum absolute atomic E-state index is 0.649. The zero-order valence-corrected chi connectivity index (χ0v) is 9.40. The molecule has 1 aromatic carbocycles. The van der Waals surface area contributed by atoms with Crippen molar-refractivity contribution in [3.63, 3.8) is 0 Å². The molecule has 0 aliphatic heterocycles. The third-order valence-corrected chi connectivity index (χ3v) is 2.17. The molecule has 0 bridgehead atoms. The average molecular weight is 214 g/mol. The first-order valence-corrected chi connectivity index (χ1v) is 5.21. The Morgan fingerprint density at radius 2 is 2.21 bits per heavy atom. The minimum atomic E-state index is 0.649. The number of halogens is 1. The van der Waals surface area contributed by atoms with Crippen LogP contribution in [0.15, 0.2) is 18.2 Å². The van der Waals surface area contributed by atoms with Crippen LogP contribution >= 0.6 is 11.6 Å². The molecule has 0 saturated carbocycles. The van der Waals surface area contributed by atoms with Gasteiger partial charge in [0, 0.05) is 6.54 Å². The van der Waals surface area contributed by atoms with Crippen LogP contribution in [-0.2, 0) is 0 Å². The number of benzene rings is 1. The van der Waals surface area contributed by atoms with Crippen molar-refractivity contribution < 1.29 is 4.74 Å². The molecule has 14 heavy (non-hydrogen) atoms. The standard InChI is InChI=1S/C11H16ClNO/c1-3-13-6-7-14-11-5-4-9(2)8-10(11)12/h4-5,8,13H,3,6-7H2,1-2H3. The molecule has 0 heterocycles. The summed E-state index contributed by atoms with van der Waals surface area (Å²) < 4.78 is 5.50. The first-order chi connectivity index (χ1) is 6.74. The van der Waals surface area contributed by atoms with E-state index in [2.05, 4.69) is 12.2 Å². The molecular formula is C11H16ClNO. The van der Waals surface area contributed by atoms with E-state index in [1.54, 1.807) is 0 Å². The maximum Gasteiger partial charge on any atom is 0.137 e. The summed E-state index contributed by atoms with van der Waals surface area (Å²) in [5.41, 5.74) is 1.15. The fourth-order valence-electron chi connectivity index (χ4n) is 1.13. The van der Waals surface area contributed by atoms with Crippen molar-refractivity contribution in [1.82, 2.24) is 5.32 Å². The molecule has 3 heteroatoms. The largest absolute Gasteiger partial charge is 0.491 e. The van der Waals surface area contributed by atoms with Crippen LogP contribution in [-0.4, -0.2) is 19.7 Å². The lowest BCUT2D eigenvalue weighted by molar-refractivity contribution is 0.315. The van der Waals surface area contributed by atoms with E-state index in [-0.39, 0.29) is 0 Å². The quantitative estimate of drug-likeness (QED) is 0.760. The third-order valence-electron chi connectivity index (χ3n) is 1.87. The van der Waals surface area contributed by atoms with Crippen LogP contribution in [0.25, 0.3) is 0 Å². The molecule has 0 fully saturated rings. The number of hydrogen-bond acceptors (Lipinski definition) is 2. The monoisotopic (exact) mass is 213 g/mol. The molecule has 0 amide bonds. The summed E-state index contributed by atoms with van der Waals surface area (Å²) in [4.78, 5) is 0. The zero-order valence-electron chi connectivity index (χ0n) is 8.64. The molecule has 0 aliphatic rings. The molecule has 78 valence electrons. The minimum Gasteiger partial charge on any atom is -0.491 e. The summed E-state index contributed by atoms with van der Waals surface area (Å²) in [5, 5.41) is 3.86. The highest BCUT2D eigenvalue weighted by Crippen LogP contribution is 2.24. The Morgan fingerprint density at radius 3 is 2.86 bits per heavy atom. The third kappa shape index (κ3) is 3.56. The van der Waals surface area contributed by atoms with Gasteiger partial charge in [0.15, 0.2) is 0 Å². The van der Waals surface area contributed by atoms with Crippen LogP contribution in [0.4, 0.5) is 0 Å². The number of hydrogen-bond donors (Lipinski definition) is 1. The average Bonchev–Trinajstić information content (AvgIpc) is 2.15. The Bertz CT molecular complexity index is 289. The normalized spacial score (nSPS) is 10.2. The predicted molar refractivity (Wildman–Crippen MR) is 60.2 cm³/mol. The molecule has 0 radical (unpaired) electrons. The zero-order chi connectivity index (χ0) is 10.4. The van der Waals surface area contributed by atoms with Crippen LogP contribution < -0.4 is 10.1 Å². The number of aryl methyl sites for hydroxylation is 1. The molecule has 1 aromatic rings. The van der Waals surface area contributed by atoms with E-state index in [4.69, 9.17) is 16.3 Å². The van der Waals surface area contributed by atoms with Crippen molar-refractivity contribution in [2.45, 2.75) is 13.8 Å². The lowest BCUT2D eigenvalue weighted by Gasteiger charge is -2.08. The van der Waals surface area contributed by atoms with Gasteiger partial charge in [0.1, 0.15) is 12.4 Å². The number of likely N-dealkylation sites (N-methyl/N-ethyl adjacent to an activating group) is 1. The van der Waals surface area contributed by atoms with Gasteiger partial charge in [0.2, 0.25) is 0 Å². The second-order valence-corrected chi connectivity index (χ2v) is 3.54. The molecular weight excluding hydrogens is 198 g/mol. The molecule has 0 aliphatic carbocycles. The summed E-state index contributed by atoms with van der Waals surface area (Å²) in [6, 6.07) is 5.81. The molecule has 2 nitrogen and oxygen atoms in total. The van der Waals surface area contributed by atoms with Crippen LogP contribution in [0.5, 0.6) is 5.75 Å². The Hall–Kier alpha value is -0.730. The van der Waals surface area contributed by atoms with Crippen molar-refractivity contribution in [1.29, 1.82) is 0 Å². The van der Waals surface area contributed by atoms with Crippen LogP contribution in [0, 0.1) is 6.92 Å². The highest BCUT2D eigenvalue weighted by atomic mass is 35.5. The van der Waals surface area contributed by atoms with Crippen LogP contribution in [0.2, 0.25) is 5.02 Å². The van der Waals surface area contributed by atoms with E-state index in [0.29, 0.717) is 11.6 Å². The van der Waals surface area contributed by atoms with Crippen LogP contribution in [0.1, 0.15) is 12.5 Å². The van der Waals surface area contributed by atoms with E-state index in [0.717, 1.165) is 24.4 Å². The summed E-state index contributed by atoms with van der Waals surface area (Å²) in [6.07, 6.45) is 0. The van der Waals surface area contributed by atoms with Crippen molar-refractivity contribution in [3.8, 4) is 5.75 Å². The fraction of sp³-hybridized carbons (Fsp3) is 0.455. The second-order valence-electron chi connectivity index (χ2n) is 3.14. The van der Waals surface area contributed by atoms with E-state index < -0.39 is 0 Å². The van der Waals surface area contributed by atoms with Gasteiger partial charge in [-0.2, -0.15) is 0 Å². The van der Waals surface area contributed by atoms with E-state index >= 15 is 0 Å². The van der Waals surface area contributed by atoms with E-state index in [1.165, 1.54) is 0 Å². The number of ether oxygens (including phenoxy) is 1. The van der Waals surface area contributed by atoms with Gasteiger partial charge in [0.05, 0.1) is 5.02 Å². The van der Waals surface area contributed by atoms with Gasteiger partial charge < -0.3 is 10.1 Å². The Morgan fingerprint density at radius 1 is 1.43 bits per heavy atom. The lowest BCUT2D eigenvalue weighted by atomic mass is 10.2. The Balaban J connectivity index is 2.42. The number of nitrogens with one attached hydrogen (secondary N) is 1. The second kappa shape index (κ2) is 5.89. The Labute approximate surface area is 90.2 Å². The van der Waals surface area contributed by atoms with Crippen molar-refractivity contribution >= 4 is 11.6 Å². The maximum absolute atomic E-state index is 6.00. The SMILES string of the molecule is CCNCCOc1ccc(C)cc1Cl. The summed E-state index contributed by atoms with van der Waals surface area (Å²) in [5.74, 6) is 0.759. The van der Waals surface area contributed by atoms with Crippen molar-refractivity contribution in [2.75, 3.05) is 19.7 Å². The van der Waals surface area contributed by atoms with Gasteiger partial charge >= 0.3 is 0 Å². The molecule has 1 N–H and O–H groups in total. The van der Waals surface area contributed by atoms with Gasteiger partial charge in [-0.15, -0.1) is 0 Å². The topological polar surface area (TPSA) is 21.3 Å². The Kier molecular flexibility index (Phi) is 4.77. The molecule has 0 unspecified atom stereocenters. The highest BCUT2D eigenvalue weighted by Gasteiger charge is 2.00. The van der Waals surface area contributed by atoms with E-state index in [9.17, 15) is 0 Å². The van der Waals surface area contributed by atoms with Gasteiger partial charge in [-0.3, -0.25) is 0 Å². The first kappa shape index (κ1) is 11.3. The molecule has 0 atom stereocenters. The predicted octanol–water partition coefficient (Wildman–Crippen LogP) is 2.64. The van der Waals surface area contributed by atoms with Crippen molar-refractivity contribution in [3.05, 3.63) is 28.8 Å². The summed E-state index contributed by atoms with van der Waals surface area (Å²) >= 11 is 6.00. The molecule has 0 saturated heterocycles. The summed E-state index contributed by atoms with van der Waals surface area (Å²) in [6.45, 7) is 6.54. The maximum atomic E-state index is 6.00. The molecule has 0 spiro atoms. The highest BCUT2D eigenvalue weighted by molar-refractivity contribution is 6.32. The van der Waals surface area contributed by atoms with Gasteiger partial charge in [0.25, 0.3) is 0 Å². The smallest absolute Gasteiger partial charge is 0.137 e. The van der Waals surface area contributed by atoms with Gasteiger partial charge in [-0.25, -0.2) is 0 Å². The molecule has 1 rings (SSSR count). The van der Waals surface area contributed by atoms with Gasteiger partial charge in [-0.1, -0.05) is 24.6 Å². The van der Waals surface area contributed by atoms with Gasteiger partial charge in [-0.05, 0) is 31.2 Å². The molecule has 0 aromatic heterocycles.